The molecule has 2 N–H and O–H groups in total. The average molecular weight is 254 g/mol. The van der Waals surface area contributed by atoms with Gasteiger partial charge in [-0.05, 0) is 27.7 Å². The third kappa shape index (κ3) is 5.06. The number of hydrogen-bond donors (Lipinski definition) is 2. The SMILES string of the molecule is COc1cc(CNC(C)CNC(C)(C)C)nn1C. The van der Waals surface area contributed by atoms with Gasteiger partial charge in [0.25, 0.3) is 0 Å². The number of ether oxygens (including phenoxy) is 1. The zero-order chi connectivity index (χ0) is 13.8. The van der Waals surface area contributed by atoms with E-state index in [9.17, 15) is 0 Å². The minimum Gasteiger partial charge on any atom is -0.481 e. The fraction of sp³-hybridized carbons (Fsp3) is 0.769. The van der Waals surface area contributed by atoms with E-state index in [-0.39, 0.29) is 5.54 Å². The molecule has 1 heterocycles. The lowest BCUT2D eigenvalue weighted by Crippen LogP contribution is -2.44. The molecule has 1 unspecified atom stereocenters. The van der Waals surface area contributed by atoms with Crippen molar-refractivity contribution in [2.24, 2.45) is 7.05 Å². The second kappa shape index (κ2) is 6.20. The zero-order valence-electron chi connectivity index (χ0n) is 12.4. The predicted octanol–water partition coefficient (Wildman–Crippen LogP) is 1.29. The Morgan fingerprint density at radius 2 is 2.11 bits per heavy atom. The first-order chi connectivity index (χ1) is 8.31. The fourth-order valence-electron chi connectivity index (χ4n) is 1.59. The summed E-state index contributed by atoms with van der Waals surface area (Å²) in [6.45, 7) is 10.4. The largest absolute Gasteiger partial charge is 0.481 e. The van der Waals surface area contributed by atoms with Crippen LogP contribution in [0.3, 0.4) is 0 Å². The highest BCUT2D eigenvalue weighted by atomic mass is 16.5. The first kappa shape index (κ1) is 15.0. The second-order valence-corrected chi connectivity index (χ2v) is 5.71. The van der Waals surface area contributed by atoms with Gasteiger partial charge in [0.1, 0.15) is 0 Å². The second-order valence-electron chi connectivity index (χ2n) is 5.71. The molecular formula is C13H26N4O. The quantitative estimate of drug-likeness (QED) is 0.803. The van der Waals surface area contributed by atoms with Gasteiger partial charge in [-0.25, -0.2) is 4.68 Å². The highest BCUT2D eigenvalue weighted by Gasteiger charge is 2.11. The summed E-state index contributed by atoms with van der Waals surface area (Å²) in [6.07, 6.45) is 0. The number of nitrogens with one attached hydrogen (secondary N) is 2. The van der Waals surface area contributed by atoms with E-state index in [1.54, 1.807) is 11.8 Å². The van der Waals surface area contributed by atoms with E-state index >= 15 is 0 Å². The molecule has 5 heteroatoms. The van der Waals surface area contributed by atoms with E-state index in [0.717, 1.165) is 24.7 Å². The zero-order valence-corrected chi connectivity index (χ0v) is 12.4. The summed E-state index contributed by atoms with van der Waals surface area (Å²) in [6, 6.07) is 2.36. The molecule has 0 bridgehead atoms. The Bertz CT molecular complexity index is 368. The molecule has 0 saturated heterocycles. The first-order valence-electron chi connectivity index (χ1n) is 6.37. The van der Waals surface area contributed by atoms with Crippen molar-refractivity contribution < 1.29 is 4.74 Å². The molecule has 0 saturated carbocycles. The summed E-state index contributed by atoms with van der Waals surface area (Å²) in [4.78, 5) is 0. The van der Waals surface area contributed by atoms with Crippen molar-refractivity contribution in [2.75, 3.05) is 13.7 Å². The Morgan fingerprint density at radius 1 is 1.44 bits per heavy atom. The van der Waals surface area contributed by atoms with Gasteiger partial charge >= 0.3 is 0 Å². The molecule has 0 aliphatic heterocycles. The van der Waals surface area contributed by atoms with Gasteiger partial charge in [-0.3, -0.25) is 0 Å². The minimum absolute atomic E-state index is 0.157. The molecule has 0 aromatic carbocycles. The molecule has 0 aliphatic rings. The number of aromatic nitrogens is 2. The maximum Gasteiger partial charge on any atom is 0.211 e. The Hall–Kier alpha value is -1.07. The third-order valence-electron chi connectivity index (χ3n) is 2.67. The summed E-state index contributed by atoms with van der Waals surface area (Å²) in [5, 5.41) is 11.3. The van der Waals surface area contributed by atoms with Gasteiger partial charge in [-0.2, -0.15) is 5.10 Å². The molecule has 18 heavy (non-hydrogen) atoms. The molecule has 1 rings (SSSR count). The van der Waals surface area contributed by atoms with Crippen LogP contribution < -0.4 is 15.4 Å². The van der Waals surface area contributed by atoms with E-state index in [1.807, 2.05) is 13.1 Å². The van der Waals surface area contributed by atoms with Gasteiger partial charge in [0.2, 0.25) is 5.88 Å². The van der Waals surface area contributed by atoms with Crippen molar-refractivity contribution in [1.82, 2.24) is 20.4 Å². The maximum absolute atomic E-state index is 5.18. The maximum atomic E-state index is 5.18. The molecule has 0 amide bonds. The molecule has 5 nitrogen and oxygen atoms in total. The molecule has 0 aliphatic carbocycles. The predicted molar refractivity (Wildman–Crippen MR) is 73.8 cm³/mol. The van der Waals surface area contributed by atoms with E-state index in [2.05, 4.69) is 43.4 Å². The summed E-state index contributed by atoms with van der Waals surface area (Å²) < 4.78 is 6.93. The van der Waals surface area contributed by atoms with Crippen molar-refractivity contribution in [3.05, 3.63) is 11.8 Å². The minimum atomic E-state index is 0.157. The molecule has 1 aromatic heterocycles. The van der Waals surface area contributed by atoms with Crippen molar-refractivity contribution in [3.63, 3.8) is 0 Å². The van der Waals surface area contributed by atoms with Crippen LogP contribution in [0.2, 0.25) is 0 Å². The van der Waals surface area contributed by atoms with Crippen molar-refractivity contribution in [1.29, 1.82) is 0 Å². The van der Waals surface area contributed by atoms with Crippen LogP contribution in [0.5, 0.6) is 5.88 Å². The van der Waals surface area contributed by atoms with Crippen LogP contribution in [0.15, 0.2) is 6.07 Å². The number of rotatable bonds is 6. The third-order valence-corrected chi connectivity index (χ3v) is 2.67. The smallest absolute Gasteiger partial charge is 0.211 e. The molecule has 104 valence electrons. The Morgan fingerprint density at radius 3 is 2.61 bits per heavy atom. The lowest BCUT2D eigenvalue weighted by atomic mass is 10.1. The van der Waals surface area contributed by atoms with E-state index < -0.39 is 0 Å². The fourth-order valence-corrected chi connectivity index (χ4v) is 1.59. The van der Waals surface area contributed by atoms with Crippen LogP contribution in [-0.4, -0.2) is 35.0 Å². The Kier molecular flexibility index (Phi) is 5.16. The Labute approximate surface area is 110 Å². The topological polar surface area (TPSA) is 51.1 Å². The molecular weight excluding hydrogens is 228 g/mol. The number of methoxy groups -OCH3 is 1. The van der Waals surface area contributed by atoms with Crippen molar-refractivity contribution >= 4 is 0 Å². The molecule has 1 atom stereocenters. The summed E-state index contributed by atoms with van der Waals surface area (Å²) >= 11 is 0. The van der Waals surface area contributed by atoms with Crippen molar-refractivity contribution in [3.8, 4) is 5.88 Å². The van der Waals surface area contributed by atoms with Crippen molar-refractivity contribution in [2.45, 2.75) is 45.8 Å². The standard InChI is InChI=1S/C13H26N4O/c1-10(8-15-13(2,3)4)14-9-11-7-12(18-6)17(5)16-11/h7,10,14-15H,8-9H2,1-6H3. The molecule has 0 fully saturated rings. The van der Waals surface area contributed by atoms with Crippen LogP contribution in [0.4, 0.5) is 0 Å². The van der Waals surface area contributed by atoms with Gasteiger partial charge in [0.05, 0.1) is 12.8 Å². The number of nitrogens with zero attached hydrogens (tertiary/aromatic N) is 2. The summed E-state index contributed by atoms with van der Waals surface area (Å²) in [5.41, 5.74) is 1.15. The van der Waals surface area contributed by atoms with E-state index in [1.165, 1.54) is 0 Å². The van der Waals surface area contributed by atoms with Gasteiger partial charge in [-0.15, -0.1) is 0 Å². The summed E-state index contributed by atoms with van der Waals surface area (Å²) in [7, 11) is 3.54. The van der Waals surface area contributed by atoms with E-state index in [4.69, 9.17) is 4.74 Å². The molecule has 0 radical (unpaired) electrons. The highest BCUT2D eigenvalue weighted by Crippen LogP contribution is 2.10. The lowest BCUT2D eigenvalue weighted by Gasteiger charge is -2.23. The van der Waals surface area contributed by atoms with Crippen LogP contribution in [-0.2, 0) is 13.6 Å². The molecule has 0 spiro atoms. The highest BCUT2D eigenvalue weighted by molar-refractivity contribution is 5.15. The lowest BCUT2D eigenvalue weighted by molar-refractivity contribution is 0.373. The van der Waals surface area contributed by atoms with Crippen LogP contribution in [0, 0.1) is 0 Å². The average Bonchev–Trinajstić information content (AvgIpc) is 2.63. The normalized spacial score (nSPS) is 13.7. The van der Waals surface area contributed by atoms with Crippen LogP contribution >= 0.6 is 0 Å². The molecule has 1 aromatic rings. The Balaban J connectivity index is 2.35. The van der Waals surface area contributed by atoms with Gasteiger partial charge < -0.3 is 15.4 Å². The summed E-state index contributed by atoms with van der Waals surface area (Å²) in [5.74, 6) is 0.785. The van der Waals surface area contributed by atoms with Gasteiger partial charge in [0, 0.05) is 37.8 Å². The number of aryl methyl sites for hydroxylation is 1. The number of hydrogen-bond acceptors (Lipinski definition) is 4. The van der Waals surface area contributed by atoms with Gasteiger partial charge in [0.15, 0.2) is 0 Å². The first-order valence-corrected chi connectivity index (χ1v) is 6.37. The van der Waals surface area contributed by atoms with Crippen LogP contribution in [0.1, 0.15) is 33.4 Å². The van der Waals surface area contributed by atoms with Crippen LogP contribution in [0.25, 0.3) is 0 Å². The monoisotopic (exact) mass is 254 g/mol. The van der Waals surface area contributed by atoms with Gasteiger partial charge in [-0.1, -0.05) is 0 Å². The van der Waals surface area contributed by atoms with E-state index in [0.29, 0.717) is 6.04 Å².